The summed E-state index contributed by atoms with van der Waals surface area (Å²) in [6, 6.07) is 6.77. The Morgan fingerprint density at radius 2 is 2.14 bits per heavy atom. The largest absolute Gasteiger partial charge is 0.361 e. The molecule has 0 spiro atoms. The number of H-pyrrole nitrogens is 1. The number of guanidine groups is 1. The first kappa shape index (κ1) is 22.5. The van der Waals surface area contributed by atoms with Crippen LogP contribution in [0, 0.1) is 0 Å². The number of halogens is 1. The molecule has 2 heterocycles. The van der Waals surface area contributed by atoms with E-state index in [-0.39, 0.29) is 35.9 Å². The highest BCUT2D eigenvalue weighted by molar-refractivity contribution is 14.0. The third-order valence-electron chi connectivity index (χ3n) is 5.36. The van der Waals surface area contributed by atoms with Gasteiger partial charge in [-0.25, -0.2) is 0 Å². The maximum Gasteiger partial charge on any atom is 0.222 e. The summed E-state index contributed by atoms with van der Waals surface area (Å²) in [5.74, 6) is 1.04. The van der Waals surface area contributed by atoms with Crippen LogP contribution in [-0.4, -0.2) is 54.5 Å². The molecule has 3 N–H and O–H groups in total. The Bertz CT molecular complexity index is 816. The summed E-state index contributed by atoms with van der Waals surface area (Å²) in [4.78, 5) is 21.5. The van der Waals surface area contributed by atoms with Gasteiger partial charge < -0.3 is 20.5 Å². The van der Waals surface area contributed by atoms with Gasteiger partial charge in [-0.15, -0.1) is 24.0 Å². The predicted octanol–water partition coefficient (Wildman–Crippen LogP) is 3.07. The molecule has 0 aliphatic carbocycles. The second-order valence-electron chi connectivity index (χ2n) is 7.08. The number of aryl methyl sites for hydroxylation is 1. The summed E-state index contributed by atoms with van der Waals surface area (Å²) in [6.45, 7) is 6.50. The smallest absolute Gasteiger partial charge is 0.222 e. The van der Waals surface area contributed by atoms with Crippen LogP contribution < -0.4 is 10.6 Å². The second-order valence-corrected chi connectivity index (χ2v) is 7.08. The van der Waals surface area contributed by atoms with Gasteiger partial charge in [0, 0.05) is 56.2 Å². The van der Waals surface area contributed by atoms with Crippen LogP contribution in [0.2, 0.25) is 0 Å². The molecule has 0 bridgehead atoms. The first-order valence-electron chi connectivity index (χ1n) is 9.99. The molecule has 1 unspecified atom stereocenters. The van der Waals surface area contributed by atoms with Crippen LogP contribution in [0.25, 0.3) is 10.9 Å². The number of nitrogens with zero attached hydrogens (tertiary/aromatic N) is 2. The molecule has 0 radical (unpaired) electrons. The number of fused-ring (bicyclic) bond motifs is 1. The molecule has 1 aliphatic rings. The van der Waals surface area contributed by atoms with Crippen LogP contribution in [0.3, 0.4) is 0 Å². The molecular weight excluding hydrogens is 465 g/mol. The maximum atomic E-state index is 11.8. The third kappa shape index (κ3) is 5.18. The summed E-state index contributed by atoms with van der Waals surface area (Å²) in [5.41, 5.74) is 3.93. The molecule has 1 aromatic heterocycles. The quantitative estimate of drug-likeness (QED) is 0.327. The van der Waals surface area contributed by atoms with E-state index in [1.54, 1.807) is 7.05 Å². The van der Waals surface area contributed by atoms with Crippen LogP contribution in [-0.2, 0) is 17.6 Å². The van der Waals surface area contributed by atoms with Gasteiger partial charge in [0.2, 0.25) is 5.91 Å². The average Bonchev–Trinajstić information content (AvgIpc) is 3.33. The molecule has 2 aromatic rings. The van der Waals surface area contributed by atoms with Crippen molar-refractivity contribution in [3.8, 4) is 0 Å². The van der Waals surface area contributed by atoms with Crippen LogP contribution in [0.5, 0.6) is 0 Å². The van der Waals surface area contributed by atoms with E-state index in [0.717, 1.165) is 44.9 Å². The number of benzene rings is 1. The van der Waals surface area contributed by atoms with Crippen molar-refractivity contribution < 1.29 is 4.79 Å². The number of amides is 1. The van der Waals surface area contributed by atoms with Crippen LogP contribution in [0.1, 0.15) is 37.8 Å². The summed E-state index contributed by atoms with van der Waals surface area (Å²) < 4.78 is 0. The number of rotatable bonds is 6. The van der Waals surface area contributed by atoms with E-state index in [1.807, 2.05) is 11.8 Å². The summed E-state index contributed by atoms with van der Waals surface area (Å²) in [6.07, 6.45) is 5.62. The highest BCUT2D eigenvalue weighted by Gasteiger charge is 2.25. The number of carbonyl (C=O) groups is 1. The Labute approximate surface area is 184 Å². The fourth-order valence-electron chi connectivity index (χ4n) is 3.81. The van der Waals surface area contributed by atoms with Crippen molar-refractivity contribution in [2.24, 2.45) is 4.99 Å². The summed E-state index contributed by atoms with van der Waals surface area (Å²) in [5, 5.41) is 8.16. The Balaban J connectivity index is 0.00000280. The van der Waals surface area contributed by atoms with Crippen molar-refractivity contribution >= 4 is 46.7 Å². The lowest BCUT2D eigenvalue weighted by atomic mass is 10.1. The third-order valence-corrected chi connectivity index (χ3v) is 5.36. The minimum absolute atomic E-state index is 0. The molecule has 28 heavy (non-hydrogen) atoms. The van der Waals surface area contributed by atoms with E-state index in [0.29, 0.717) is 6.42 Å². The Morgan fingerprint density at radius 3 is 2.86 bits per heavy atom. The molecule has 154 valence electrons. The minimum atomic E-state index is 0. The van der Waals surface area contributed by atoms with Crippen molar-refractivity contribution in [2.75, 3.05) is 26.7 Å². The number of hydrogen-bond acceptors (Lipinski definition) is 2. The number of carbonyl (C=O) groups excluding carboxylic acids is 1. The molecule has 1 aliphatic heterocycles. The Kier molecular flexibility index (Phi) is 8.59. The molecule has 1 fully saturated rings. The van der Waals surface area contributed by atoms with Gasteiger partial charge in [-0.3, -0.25) is 9.79 Å². The van der Waals surface area contributed by atoms with Gasteiger partial charge in [0.05, 0.1) is 0 Å². The lowest BCUT2D eigenvalue weighted by Gasteiger charge is -2.18. The summed E-state index contributed by atoms with van der Waals surface area (Å²) >= 11 is 0. The monoisotopic (exact) mass is 497 g/mol. The molecular formula is C21H32IN5O. The Hall–Kier alpha value is -1.77. The second kappa shape index (κ2) is 10.7. The lowest BCUT2D eigenvalue weighted by molar-refractivity contribution is -0.129. The van der Waals surface area contributed by atoms with Gasteiger partial charge >= 0.3 is 0 Å². The lowest BCUT2D eigenvalue weighted by Crippen LogP contribution is -2.45. The molecule has 1 saturated heterocycles. The van der Waals surface area contributed by atoms with Crippen molar-refractivity contribution in [1.82, 2.24) is 20.5 Å². The van der Waals surface area contributed by atoms with Crippen LogP contribution in [0.15, 0.2) is 29.4 Å². The van der Waals surface area contributed by atoms with Crippen LogP contribution >= 0.6 is 24.0 Å². The fourth-order valence-corrected chi connectivity index (χ4v) is 3.81. The van der Waals surface area contributed by atoms with Crippen molar-refractivity contribution in [2.45, 2.75) is 45.6 Å². The van der Waals surface area contributed by atoms with E-state index >= 15 is 0 Å². The van der Waals surface area contributed by atoms with Gasteiger partial charge in [0.15, 0.2) is 5.96 Å². The Morgan fingerprint density at radius 1 is 1.32 bits per heavy atom. The molecule has 1 atom stereocenters. The van der Waals surface area contributed by atoms with Gasteiger partial charge in [0.1, 0.15) is 0 Å². The molecule has 1 aromatic carbocycles. The molecule has 3 rings (SSSR count). The van der Waals surface area contributed by atoms with E-state index in [1.165, 1.54) is 22.0 Å². The topological polar surface area (TPSA) is 72.5 Å². The van der Waals surface area contributed by atoms with E-state index in [9.17, 15) is 4.79 Å². The van der Waals surface area contributed by atoms with Crippen LogP contribution in [0.4, 0.5) is 0 Å². The highest BCUT2D eigenvalue weighted by atomic mass is 127. The molecule has 7 heteroatoms. The number of aromatic amines is 1. The van der Waals surface area contributed by atoms with E-state index in [4.69, 9.17) is 0 Å². The van der Waals surface area contributed by atoms with Crippen molar-refractivity contribution in [3.63, 3.8) is 0 Å². The SMILES string of the molecule is CCC(=O)N1CCC(NC(=NC)NCCc2c[nH]c3c(CC)cccc23)C1.I. The zero-order chi connectivity index (χ0) is 19.2. The standard InChI is InChI=1S/C21H31N5O.HI/c1-4-15-7-6-8-18-16(13-24-20(15)18)9-11-23-21(22-3)25-17-10-12-26(14-17)19(27)5-2;/h6-8,13,17,24H,4-5,9-12,14H2,1-3H3,(H2,22,23,25);1H. The molecule has 0 saturated carbocycles. The first-order chi connectivity index (χ1) is 13.2. The van der Waals surface area contributed by atoms with Gasteiger partial charge in [-0.1, -0.05) is 32.0 Å². The van der Waals surface area contributed by atoms with Crippen molar-refractivity contribution in [1.29, 1.82) is 0 Å². The summed E-state index contributed by atoms with van der Waals surface area (Å²) in [7, 11) is 1.79. The number of hydrogen-bond donors (Lipinski definition) is 3. The number of para-hydroxylation sites is 1. The highest BCUT2D eigenvalue weighted by Crippen LogP contribution is 2.22. The first-order valence-corrected chi connectivity index (χ1v) is 9.99. The fraction of sp³-hybridized carbons (Fsp3) is 0.524. The molecule has 1 amide bonds. The molecule has 6 nitrogen and oxygen atoms in total. The maximum absolute atomic E-state index is 11.8. The van der Waals surface area contributed by atoms with Gasteiger partial charge in [0.25, 0.3) is 0 Å². The number of aromatic nitrogens is 1. The number of likely N-dealkylation sites (tertiary alicyclic amines) is 1. The zero-order valence-electron chi connectivity index (χ0n) is 17.0. The zero-order valence-corrected chi connectivity index (χ0v) is 19.4. The predicted molar refractivity (Wildman–Crippen MR) is 127 cm³/mol. The number of nitrogens with one attached hydrogen (secondary N) is 3. The average molecular weight is 497 g/mol. The van der Waals surface area contributed by atoms with E-state index < -0.39 is 0 Å². The normalized spacial score (nSPS) is 16.9. The van der Waals surface area contributed by atoms with Crippen molar-refractivity contribution in [3.05, 3.63) is 35.5 Å². The number of aliphatic imine (C=N–C) groups is 1. The van der Waals surface area contributed by atoms with Gasteiger partial charge in [-0.05, 0) is 30.4 Å². The minimum Gasteiger partial charge on any atom is -0.361 e. The van der Waals surface area contributed by atoms with Gasteiger partial charge in [-0.2, -0.15) is 0 Å². The van der Waals surface area contributed by atoms with E-state index in [2.05, 4.69) is 51.9 Å².